The van der Waals surface area contributed by atoms with Gasteiger partial charge < -0.3 is 19.9 Å². The van der Waals surface area contributed by atoms with Gasteiger partial charge in [0.25, 0.3) is 0 Å². The number of ether oxygens (including phenoxy) is 3. The third-order valence-electron chi connectivity index (χ3n) is 5.96. The number of rotatable bonds is 3. The lowest BCUT2D eigenvalue weighted by Crippen LogP contribution is -2.72. The van der Waals surface area contributed by atoms with Crippen molar-refractivity contribution in [1.29, 1.82) is 0 Å². The van der Waals surface area contributed by atoms with E-state index < -0.39 is 39.7 Å². The van der Waals surface area contributed by atoms with Crippen molar-refractivity contribution >= 4 is 17.9 Å². The molecule has 4 saturated carbocycles. The van der Waals surface area contributed by atoms with Crippen LogP contribution in [0.25, 0.3) is 0 Å². The van der Waals surface area contributed by atoms with Crippen LogP contribution in [0.2, 0.25) is 0 Å². The summed E-state index contributed by atoms with van der Waals surface area (Å²) in [5.41, 5.74) is 2.97. The largest absolute Gasteiger partial charge is 0.469 e. The Morgan fingerprint density at radius 1 is 0.652 bits per heavy atom. The van der Waals surface area contributed by atoms with E-state index in [2.05, 4.69) is 0 Å². The third kappa shape index (κ3) is 2.02. The molecule has 0 aromatic heterocycles. The highest BCUT2D eigenvalue weighted by Crippen LogP contribution is 2.71. The van der Waals surface area contributed by atoms with Crippen molar-refractivity contribution in [2.75, 3.05) is 21.3 Å². The normalized spacial score (nSPS) is 43.8. The molecule has 4 aliphatic rings. The van der Waals surface area contributed by atoms with Gasteiger partial charge in [0.05, 0.1) is 37.6 Å². The van der Waals surface area contributed by atoms with Crippen molar-refractivity contribution < 1.29 is 28.6 Å². The fraction of sp³-hybridized carbons (Fsp3) is 0.812. The quantitative estimate of drug-likeness (QED) is 0.596. The van der Waals surface area contributed by atoms with Crippen LogP contribution in [0.15, 0.2) is 0 Å². The highest BCUT2D eigenvalue weighted by molar-refractivity contribution is 5.88. The summed E-state index contributed by atoms with van der Waals surface area (Å²) in [6.07, 6.45) is 2.21. The summed E-state index contributed by atoms with van der Waals surface area (Å²) in [7, 11) is 3.96. The van der Waals surface area contributed by atoms with E-state index in [1.54, 1.807) is 0 Å². The van der Waals surface area contributed by atoms with E-state index in [-0.39, 0.29) is 0 Å². The van der Waals surface area contributed by atoms with Crippen molar-refractivity contribution in [3.63, 3.8) is 0 Å². The van der Waals surface area contributed by atoms with Crippen molar-refractivity contribution in [3.8, 4) is 0 Å². The molecule has 0 spiro atoms. The van der Waals surface area contributed by atoms with Crippen LogP contribution in [-0.2, 0) is 28.6 Å². The molecule has 7 nitrogen and oxygen atoms in total. The van der Waals surface area contributed by atoms with Crippen molar-refractivity contribution in [3.05, 3.63) is 0 Å². The van der Waals surface area contributed by atoms with Crippen LogP contribution in [-0.4, -0.2) is 44.8 Å². The molecular weight excluding hydrogens is 302 g/mol. The molecule has 4 rings (SSSR count). The third-order valence-corrected chi connectivity index (χ3v) is 5.96. The highest BCUT2D eigenvalue weighted by atomic mass is 16.5. The highest BCUT2D eigenvalue weighted by Gasteiger charge is 2.74. The molecule has 0 aromatic rings. The fourth-order valence-corrected chi connectivity index (χ4v) is 6.01. The summed E-state index contributed by atoms with van der Waals surface area (Å²) in [5, 5.41) is 0. The van der Waals surface area contributed by atoms with Gasteiger partial charge in [0.2, 0.25) is 0 Å². The molecule has 7 heteroatoms. The molecule has 0 saturated heterocycles. The van der Waals surface area contributed by atoms with E-state index in [1.807, 2.05) is 0 Å². The average molecular weight is 325 g/mol. The van der Waals surface area contributed by atoms with Crippen LogP contribution in [0.3, 0.4) is 0 Å². The van der Waals surface area contributed by atoms with Crippen molar-refractivity contribution in [2.45, 2.75) is 44.1 Å². The maximum atomic E-state index is 12.5. The molecule has 4 bridgehead atoms. The molecule has 0 unspecified atom stereocenters. The van der Waals surface area contributed by atoms with Gasteiger partial charge in [-0.3, -0.25) is 14.4 Å². The minimum atomic E-state index is -0.930. The van der Waals surface area contributed by atoms with Crippen LogP contribution in [0.1, 0.15) is 38.5 Å². The second-order valence-electron chi connectivity index (χ2n) is 7.74. The first-order valence-electron chi connectivity index (χ1n) is 7.73. The second kappa shape index (κ2) is 4.69. The Bertz CT molecular complexity index is 498. The maximum Gasteiger partial charge on any atom is 0.311 e. The van der Waals surface area contributed by atoms with E-state index in [0.29, 0.717) is 38.5 Å². The van der Waals surface area contributed by atoms with Gasteiger partial charge in [0.15, 0.2) is 0 Å². The van der Waals surface area contributed by atoms with Gasteiger partial charge in [-0.15, -0.1) is 0 Å². The first kappa shape index (κ1) is 16.2. The van der Waals surface area contributed by atoms with E-state index in [0.717, 1.165) is 0 Å². The van der Waals surface area contributed by atoms with Gasteiger partial charge in [-0.2, -0.15) is 0 Å². The number of esters is 3. The predicted molar refractivity (Wildman–Crippen MR) is 78.0 cm³/mol. The van der Waals surface area contributed by atoms with Crippen LogP contribution in [0.4, 0.5) is 0 Å². The summed E-state index contributed by atoms with van der Waals surface area (Å²) in [4.78, 5) is 37.6. The molecule has 0 atom stereocenters. The minimum absolute atomic E-state index is 0.317. The summed E-state index contributed by atoms with van der Waals surface area (Å²) in [5.74, 6) is -1.23. The maximum absolute atomic E-state index is 12.5. The SMILES string of the molecule is COC(=O)C12CC3(N)CC(C(=O)OC)(C1)CC(C(=O)OC)(C3)C2. The second-order valence-corrected chi connectivity index (χ2v) is 7.74. The van der Waals surface area contributed by atoms with Gasteiger partial charge in [-0.25, -0.2) is 0 Å². The van der Waals surface area contributed by atoms with E-state index in [9.17, 15) is 14.4 Å². The molecule has 0 heterocycles. The standard InChI is InChI=1S/C16H23NO6/c1-21-10(18)13-4-14(11(19)22-2)6-15(5-13,12(20)23-3)9-16(17,7-13)8-14/h4-9,17H2,1-3H3. The summed E-state index contributed by atoms with van der Waals surface area (Å²) < 4.78 is 15.0. The minimum Gasteiger partial charge on any atom is -0.469 e. The zero-order chi connectivity index (χ0) is 17.1. The van der Waals surface area contributed by atoms with Gasteiger partial charge >= 0.3 is 17.9 Å². The molecule has 4 fully saturated rings. The first-order chi connectivity index (χ1) is 10.7. The van der Waals surface area contributed by atoms with Crippen LogP contribution in [0, 0.1) is 16.2 Å². The zero-order valence-corrected chi connectivity index (χ0v) is 13.8. The number of hydrogen-bond acceptors (Lipinski definition) is 7. The van der Waals surface area contributed by atoms with Crippen LogP contribution < -0.4 is 5.73 Å². The van der Waals surface area contributed by atoms with Crippen LogP contribution >= 0.6 is 0 Å². The van der Waals surface area contributed by atoms with Crippen LogP contribution in [0.5, 0.6) is 0 Å². The molecule has 0 radical (unpaired) electrons. The Kier molecular flexibility index (Phi) is 3.31. The van der Waals surface area contributed by atoms with Gasteiger partial charge in [0.1, 0.15) is 0 Å². The molecular formula is C16H23NO6. The number of carbonyl (C=O) groups excluding carboxylic acids is 3. The summed E-state index contributed by atoms with van der Waals surface area (Å²) in [6, 6.07) is 0. The van der Waals surface area contributed by atoms with Crippen molar-refractivity contribution in [1.82, 2.24) is 0 Å². The summed E-state index contributed by atoms with van der Waals surface area (Å²) >= 11 is 0. The summed E-state index contributed by atoms with van der Waals surface area (Å²) in [6.45, 7) is 0. The number of nitrogens with two attached hydrogens (primary N) is 1. The molecule has 128 valence electrons. The molecule has 0 aromatic carbocycles. The number of carbonyl (C=O) groups is 3. The van der Waals surface area contributed by atoms with Gasteiger partial charge in [-0.1, -0.05) is 0 Å². The Morgan fingerprint density at radius 2 is 0.913 bits per heavy atom. The Labute approximate surface area is 134 Å². The number of methoxy groups -OCH3 is 3. The molecule has 4 aliphatic carbocycles. The molecule has 2 N–H and O–H groups in total. The van der Waals surface area contributed by atoms with Gasteiger partial charge in [0, 0.05) is 5.54 Å². The zero-order valence-electron chi connectivity index (χ0n) is 13.8. The van der Waals surface area contributed by atoms with E-state index in [4.69, 9.17) is 19.9 Å². The molecule has 0 aliphatic heterocycles. The average Bonchev–Trinajstić information content (AvgIpc) is 2.49. The molecule has 0 amide bonds. The lowest BCUT2D eigenvalue weighted by Gasteiger charge is -2.66. The lowest BCUT2D eigenvalue weighted by atomic mass is 9.37. The van der Waals surface area contributed by atoms with Crippen molar-refractivity contribution in [2.24, 2.45) is 22.0 Å². The first-order valence-corrected chi connectivity index (χ1v) is 7.73. The molecule has 23 heavy (non-hydrogen) atoms. The monoisotopic (exact) mass is 325 g/mol. The Morgan fingerprint density at radius 3 is 1.13 bits per heavy atom. The van der Waals surface area contributed by atoms with E-state index >= 15 is 0 Å². The topological polar surface area (TPSA) is 105 Å². The fourth-order valence-electron chi connectivity index (χ4n) is 6.01. The number of hydrogen-bond donors (Lipinski definition) is 1. The Hall–Kier alpha value is -1.63. The smallest absolute Gasteiger partial charge is 0.311 e. The van der Waals surface area contributed by atoms with Gasteiger partial charge in [-0.05, 0) is 38.5 Å². The lowest BCUT2D eigenvalue weighted by molar-refractivity contribution is -0.216. The predicted octanol–water partition coefficient (Wildman–Crippen LogP) is 0.544. The Balaban J connectivity index is 2.16. The van der Waals surface area contributed by atoms with E-state index in [1.165, 1.54) is 21.3 Å².